The van der Waals surface area contributed by atoms with E-state index in [0.29, 0.717) is 10.4 Å². The van der Waals surface area contributed by atoms with Crippen molar-refractivity contribution in [2.75, 3.05) is 5.32 Å². The SMILES string of the molecule is Cc1nc2ccc(NC(=O)c3ccc(Br)o3)cn2c1C. The first kappa shape index (κ1) is 12.9. The van der Waals surface area contributed by atoms with Gasteiger partial charge in [0, 0.05) is 11.9 Å². The number of carbonyl (C=O) groups is 1. The number of rotatable bonds is 2. The number of fused-ring (bicyclic) bond motifs is 1. The Labute approximate surface area is 123 Å². The molecule has 3 heterocycles. The minimum atomic E-state index is -0.287. The number of furan rings is 1. The topological polar surface area (TPSA) is 59.5 Å². The van der Waals surface area contributed by atoms with Gasteiger partial charge in [0.1, 0.15) is 5.65 Å². The van der Waals surface area contributed by atoms with Crippen LogP contribution in [0.1, 0.15) is 21.9 Å². The van der Waals surface area contributed by atoms with Gasteiger partial charge in [-0.2, -0.15) is 0 Å². The van der Waals surface area contributed by atoms with Gasteiger partial charge < -0.3 is 14.1 Å². The second kappa shape index (κ2) is 4.79. The van der Waals surface area contributed by atoms with E-state index in [1.54, 1.807) is 12.1 Å². The fourth-order valence-corrected chi connectivity index (χ4v) is 2.29. The number of carbonyl (C=O) groups excluding carboxylic acids is 1. The van der Waals surface area contributed by atoms with E-state index in [4.69, 9.17) is 4.42 Å². The molecule has 0 aliphatic carbocycles. The number of pyridine rings is 1. The van der Waals surface area contributed by atoms with Crippen LogP contribution in [0.2, 0.25) is 0 Å². The summed E-state index contributed by atoms with van der Waals surface area (Å²) in [6, 6.07) is 6.98. The lowest BCUT2D eigenvalue weighted by Crippen LogP contribution is -2.11. The summed E-state index contributed by atoms with van der Waals surface area (Å²) in [5, 5.41) is 2.80. The van der Waals surface area contributed by atoms with E-state index in [0.717, 1.165) is 17.0 Å². The normalized spacial score (nSPS) is 10.9. The Morgan fingerprint density at radius 2 is 2.10 bits per heavy atom. The van der Waals surface area contributed by atoms with E-state index >= 15 is 0 Å². The van der Waals surface area contributed by atoms with Gasteiger partial charge in [-0.1, -0.05) is 0 Å². The van der Waals surface area contributed by atoms with Crippen molar-refractivity contribution in [1.29, 1.82) is 0 Å². The summed E-state index contributed by atoms with van der Waals surface area (Å²) < 4.78 is 7.69. The van der Waals surface area contributed by atoms with E-state index in [1.165, 1.54) is 0 Å². The largest absolute Gasteiger partial charge is 0.444 e. The summed E-state index contributed by atoms with van der Waals surface area (Å²) in [5.41, 5.74) is 3.58. The van der Waals surface area contributed by atoms with Gasteiger partial charge in [0.2, 0.25) is 0 Å². The average Bonchev–Trinajstić information content (AvgIpc) is 2.96. The summed E-state index contributed by atoms with van der Waals surface area (Å²) in [5.74, 6) is -0.0277. The molecule has 5 nitrogen and oxygen atoms in total. The van der Waals surface area contributed by atoms with Gasteiger partial charge in [-0.3, -0.25) is 4.79 Å². The number of aromatic nitrogens is 2. The first-order chi connectivity index (χ1) is 9.54. The van der Waals surface area contributed by atoms with Crippen LogP contribution < -0.4 is 5.32 Å². The number of hydrogen-bond acceptors (Lipinski definition) is 3. The highest BCUT2D eigenvalue weighted by Gasteiger charge is 2.11. The van der Waals surface area contributed by atoms with Crippen LogP contribution in [0.25, 0.3) is 5.65 Å². The molecule has 0 bridgehead atoms. The molecule has 1 amide bonds. The molecule has 3 aromatic rings. The minimum Gasteiger partial charge on any atom is -0.444 e. The number of aryl methyl sites for hydroxylation is 2. The smallest absolute Gasteiger partial charge is 0.291 e. The van der Waals surface area contributed by atoms with Crippen molar-refractivity contribution in [3.05, 3.63) is 52.3 Å². The highest BCUT2D eigenvalue weighted by molar-refractivity contribution is 9.10. The van der Waals surface area contributed by atoms with Gasteiger partial charge in [0.15, 0.2) is 10.4 Å². The van der Waals surface area contributed by atoms with Crippen molar-refractivity contribution in [2.45, 2.75) is 13.8 Å². The number of amides is 1. The van der Waals surface area contributed by atoms with E-state index in [-0.39, 0.29) is 11.7 Å². The minimum absolute atomic E-state index is 0.260. The molecule has 3 rings (SSSR count). The number of nitrogens with one attached hydrogen (secondary N) is 1. The molecule has 102 valence electrons. The fourth-order valence-electron chi connectivity index (χ4n) is 1.98. The summed E-state index contributed by atoms with van der Waals surface area (Å²) >= 11 is 3.17. The molecule has 0 aromatic carbocycles. The molecule has 0 spiro atoms. The Hall–Kier alpha value is -2.08. The van der Waals surface area contributed by atoms with Gasteiger partial charge >= 0.3 is 0 Å². The number of nitrogens with zero attached hydrogens (tertiary/aromatic N) is 2. The number of imidazole rings is 1. The quantitative estimate of drug-likeness (QED) is 0.780. The molecule has 0 saturated heterocycles. The summed E-state index contributed by atoms with van der Waals surface area (Å²) in [7, 11) is 0. The van der Waals surface area contributed by atoms with Gasteiger partial charge in [0.05, 0.1) is 11.4 Å². The van der Waals surface area contributed by atoms with Crippen LogP contribution in [0.3, 0.4) is 0 Å². The fraction of sp³-hybridized carbons (Fsp3) is 0.143. The number of halogens is 1. The van der Waals surface area contributed by atoms with Crippen LogP contribution >= 0.6 is 15.9 Å². The third kappa shape index (κ3) is 2.22. The third-order valence-corrected chi connectivity index (χ3v) is 3.58. The van der Waals surface area contributed by atoms with Crippen LogP contribution in [0.4, 0.5) is 5.69 Å². The van der Waals surface area contributed by atoms with Crippen molar-refractivity contribution in [3.63, 3.8) is 0 Å². The standard InChI is InChI=1S/C14H12BrN3O2/c1-8-9(2)18-7-10(3-6-13(18)16-8)17-14(19)11-4-5-12(15)20-11/h3-7H,1-2H3,(H,17,19). The van der Waals surface area contributed by atoms with Crippen molar-refractivity contribution in [3.8, 4) is 0 Å². The maximum absolute atomic E-state index is 12.0. The average molecular weight is 334 g/mol. The Morgan fingerprint density at radius 3 is 2.80 bits per heavy atom. The van der Waals surface area contributed by atoms with Crippen LogP contribution in [-0.4, -0.2) is 15.3 Å². The zero-order chi connectivity index (χ0) is 14.3. The lowest BCUT2D eigenvalue weighted by atomic mass is 10.3. The maximum Gasteiger partial charge on any atom is 0.291 e. The van der Waals surface area contributed by atoms with Crippen LogP contribution in [0, 0.1) is 13.8 Å². The van der Waals surface area contributed by atoms with Gasteiger partial charge in [0.25, 0.3) is 5.91 Å². The zero-order valence-electron chi connectivity index (χ0n) is 11.0. The summed E-state index contributed by atoms with van der Waals surface area (Å²) in [6.07, 6.45) is 1.85. The van der Waals surface area contributed by atoms with Crippen LogP contribution in [0.5, 0.6) is 0 Å². The Balaban J connectivity index is 1.91. The molecule has 3 aromatic heterocycles. The first-order valence-corrected chi connectivity index (χ1v) is 6.86. The molecular weight excluding hydrogens is 322 g/mol. The van der Waals surface area contributed by atoms with Crippen molar-refractivity contribution >= 4 is 33.2 Å². The summed E-state index contributed by atoms with van der Waals surface area (Å²) in [4.78, 5) is 16.4. The van der Waals surface area contributed by atoms with Gasteiger partial charge in [-0.05, 0) is 54.0 Å². The molecule has 6 heteroatoms. The maximum atomic E-state index is 12.0. The second-order valence-electron chi connectivity index (χ2n) is 4.49. The second-order valence-corrected chi connectivity index (χ2v) is 5.27. The molecule has 0 aliphatic rings. The lowest BCUT2D eigenvalue weighted by Gasteiger charge is -2.04. The molecule has 1 N–H and O–H groups in total. The molecule has 0 unspecified atom stereocenters. The molecule has 20 heavy (non-hydrogen) atoms. The summed E-state index contributed by atoms with van der Waals surface area (Å²) in [6.45, 7) is 3.95. The van der Waals surface area contributed by atoms with Crippen molar-refractivity contribution < 1.29 is 9.21 Å². The molecule has 0 aliphatic heterocycles. The molecular formula is C14H12BrN3O2. The molecule has 0 fully saturated rings. The van der Waals surface area contributed by atoms with E-state index in [2.05, 4.69) is 26.2 Å². The zero-order valence-corrected chi connectivity index (χ0v) is 12.6. The molecule has 0 radical (unpaired) electrons. The highest BCUT2D eigenvalue weighted by atomic mass is 79.9. The Bertz CT molecular complexity index is 804. The Morgan fingerprint density at radius 1 is 1.30 bits per heavy atom. The van der Waals surface area contributed by atoms with Crippen molar-refractivity contribution in [1.82, 2.24) is 9.38 Å². The number of anilines is 1. The monoisotopic (exact) mass is 333 g/mol. The van der Waals surface area contributed by atoms with E-state index in [1.807, 2.05) is 36.6 Å². The predicted molar refractivity (Wildman–Crippen MR) is 79.0 cm³/mol. The molecule has 0 atom stereocenters. The lowest BCUT2D eigenvalue weighted by molar-refractivity contribution is 0.0995. The predicted octanol–water partition coefficient (Wildman–Crippen LogP) is 3.56. The van der Waals surface area contributed by atoms with Gasteiger partial charge in [-0.15, -0.1) is 0 Å². The first-order valence-electron chi connectivity index (χ1n) is 6.06. The van der Waals surface area contributed by atoms with Crippen LogP contribution in [0.15, 0.2) is 39.5 Å². The third-order valence-electron chi connectivity index (χ3n) is 3.15. The Kier molecular flexibility index (Phi) is 3.10. The van der Waals surface area contributed by atoms with E-state index < -0.39 is 0 Å². The van der Waals surface area contributed by atoms with Crippen molar-refractivity contribution in [2.24, 2.45) is 0 Å². The van der Waals surface area contributed by atoms with Crippen LogP contribution in [-0.2, 0) is 0 Å². The highest BCUT2D eigenvalue weighted by Crippen LogP contribution is 2.18. The molecule has 0 saturated carbocycles. The number of hydrogen-bond donors (Lipinski definition) is 1. The van der Waals surface area contributed by atoms with E-state index in [9.17, 15) is 4.79 Å². The van der Waals surface area contributed by atoms with Gasteiger partial charge in [-0.25, -0.2) is 4.98 Å².